The van der Waals surface area contributed by atoms with Crippen molar-refractivity contribution in [2.75, 3.05) is 52.3 Å². The predicted molar refractivity (Wildman–Crippen MR) is 268 cm³/mol. The fraction of sp³-hybridized carbons (Fsp3) is 0.625. The molecule has 70 heavy (non-hydrogen) atoms. The van der Waals surface area contributed by atoms with Crippen LogP contribution in [-0.2, 0) is 47.6 Å². The van der Waals surface area contributed by atoms with Crippen molar-refractivity contribution < 1.29 is 67.4 Å². The van der Waals surface area contributed by atoms with Crippen LogP contribution in [0, 0.1) is 10.8 Å². The topological polar surface area (TPSA) is 270 Å². The Hall–Kier alpha value is -4.68. The molecule has 394 valence electrons. The highest BCUT2D eigenvalue weighted by Crippen LogP contribution is 2.44. The predicted octanol–water partition coefficient (Wildman–Crippen LogP) is 5.95. The fourth-order valence-electron chi connectivity index (χ4n) is 6.82. The first-order valence-electron chi connectivity index (χ1n) is 22.7. The van der Waals surface area contributed by atoms with Crippen LogP contribution >= 0.6 is 21.6 Å². The SMILES string of the molecule is COC(CC(C)(C)C(NC(=O)[C@H](CCO)NC(=O)OC(C)(C)C)C(=O)Nc1ccccc1SSc1ccccc1NC(=O)[C@H](NC(=O)[C@H](CCO)NC(=O)OC(C)(C)C)C(C)(C)CC(OC)OC)OC. The summed E-state index contributed by atoms with van der Waals surface area (Å²) in [5.41, 5.74) is -2.98. The number of nitrogens with one attached hydrogen (secondary N) is 6. The van der Waals surface area contributed by atoms with Crippen molar-refractivity contribution in [1.29, 1.82) is 0 Å². The summed E-state index contributed by atoms with van der Waals surface area (Å²) >= 11 is 0. The molecule has 1 unspecified atom stereocenters. The molecule has 2 rings (SSSR count). The van der Waals surface area contributed by atoms with Crippen LogP contribution in [0.5, 0.6) is 0 Å². The molecule has 0 saturated carbocycles. The van der Waals surface area contributed by atoms with Gasteiger partial charge in [-0.15, -0.1) is 0 Å². The quantitative estimate of drug-likeness (QED) is 0.0379. The summed E-state index contributed by atoms with van der Waals surface area (Å²) < 4.78 is 32.5. The summed E-state index contributed by atoms with van der Waals surface area (Å²) in [7, 11) is 8.36. The largest absolute Gasteiger partial charge is 0.444 e. The molecule has 0 aliphatic rings. The monoisotopic (exact) mass is 1020 g/mol. The van der Waals surface area contributed by atoms with Gasteiger partial charge >= 0.3 is 12.2 Å². The van der Waals surface area contributed by atoms with Gasteiger partial charge in [0, 0.05) is 64.3 Å². The number of benzene rings is 2. The molecule has 20 nitrogen and oxygen atoms in total. The molecule has 0 heterocycles. The van der Waals surface area contributed by atoms with E-state index in [0.717, 1.165) is 0 Å². The van der Waals surface area contributed by atoms with Crippen LogP contribution in [0.1, 0.15) is 94.9 Å². The normalized spacial score (nSPS) is 13.9. The van der Waals surface area contributed by atoms with Crippen LogP contribution in [0.4, 0.5) is 21.0 Å². The van der Waals surface area contributed by atoms with Gasteiger partial charge < -0.3 is 70.5 Å². The molecule has 0 fully saturated rings. The fourth-order valence-corrected chi connectivity index (χ4v) is 9.09. The number of para-hydroxylation sites is 2. The number of hydrogen-bond acceptors (Lipinski definition) is 16. The molecule has 2 aromatic carbocycles. The average molecular weight is 1030 g/mol. The van der Waals surface area contributed by atoms with E-state index < -0.39 is 108 Å². The lowest BCUT2D eigenvalue weighted by atomic mass is 9.80. The van der Waals surface area contributed by atoms with E-state index in [1.807, 2.05) is 0 Å². The van der Waals surface area contributed by atoms with E-state index in [1.54, 1.807) is 118 Å². The summed E-state index contributed by atoms with van der Waals surface area (Å²) in [6, 6.07) is 9.01. The highest BCUT2D eigenvalue weighted by atomic mass is 33.1. The van der Waals surface area contributed by atoms with Crippen molar-refractivity contribution in [3.05, 3.63) is 48.5 Å². The molecule has 0 aliphatic carbocycles. The van der Waals surface area contributed by atoms with E-state index >= 15 is 0 Å². The highest BCUT2D eigenvalue weighted by Gasteiger charge is 2.42. The van der Waals surface area contributed by atoms with Crippen molar-refractivity contribution in [2.45, 2.75) is 153 Å². The van der Waals surface area contributed by atoms with E-state index in [-0.39, 0.29) is 25.7 Å². The summed E-state index contributed by atoms with van der Waals surface area (Å²) in [5.74, 6) is -2.67. The van der Waals surface area contributed by atoms with Crippen molar-refractivity contribution in [2.24, 2.45) is 10.8 Å². The third-order valence-electron chi connectivity index (χ3n) is 10.5. The van der Waals surface area contributed by atoms with Gasteiger partial charge in [0.2, 0.25) is 23.6 Å². The Morgan fingerprint density at radius 1 is 0.500 bits per heavy atom. The number of alkyl carbamates (subject to hydrolysis) is 2. The van der Waals surface area contributed by atoms with Crippen molar-refractivity contribution in [1.82, 2.24) is 21.3 Å². The Morgan fingerprint density at radius 3 is 1.10 bits per heavy atom. The zero-order valence-corrected chi connectivity index (χ0v) is 44.6. The van der Waals surface area contributed by atoms with Crippen LogP contribution in [-0.4, -0.2) is 136 Å². The van der Waals surface area contributed by atoms with Crippen LogP contribution in [0.3, 0.4) is 0 Å². The van der Waals surface area contributed by atoms with Gasteiger partial charge in [-0.1, -0.05) is 73.5 Å². The van der Waals surface area contributed by atoms with Gasteiger partial charge in [0.1, 0.15) is 35.4 Å². The zero-order chi connectivity index (χ0) is 53.0. The number of carbonyl (C=O) groups is 6. The summed E-state index contributed by atoms with van der Waals surface area (Å²) in [5, 5.41) is 36.1. The first kappa shape index (κ1) is 61.4. The number of hydrogen-bond donors (Lipinski definition) is 8. The van der Waals surface area contributed by atoms with Gasteiger partial charge in [-0.3, -0.25) is 19.2 Å². The Morgan fingerprint density at radius 2 is 0.814 bits per heavy atom. The third-order valence-corrected chi connectivity index (χ3v) is 12.9. The Kier molecular flexibility index (Phi) is 24.9. The second kappa shape index (κ2) is 28.4. The molecular formula is C48H76N6O14S2. The summed E-state index contributed by atoms with van der Waals surface area (Å²) in [6.45, 7) is 16.1. The maximum atomic E-state index is 14.4. The van der Waals surface area contributed by atoms with Gasteiger partial charge in [0.25, 0.3) is 0 Å². The van der Waals surface area contributed by atoms with Crippen LogP contribution in [0.15, 0.2) is 58.3 Å². The molecule has 0 aliphatic heterocycles. The molecule has 0 spiro atoms. The average Bonchev–Trinajstić information content (AvgIpc) is 3.26. The van der Waals surface area contributed by atoms with E-state index in [4.69, 9.17) is 28.4 Å². The molecule has 8 N–H and O–H groups in total. The van der Waals surface area contributed by atoms with E-state index in [1.165, 1.54) is 50.0 Å². The van der Waals surface area contributed by atoms with Gasteiger partial charge in [-0.25, -0.2) is 9.59 Å². The molecule has 4 atom stereocenters. The number of aliphatic hydroxyl groups excluding tert-OH is 2. The van der Waals surface area contributed by atoms with Crippen molar-refractivity contribution in [3.63, 3.8) is 0 Å². The number of amides is 6. The van der Waals surface area contributed by atoms with Crippen LogP contribution < -0.4 is 31.9 Å². The van der Waals surface area contributed by atoms with E-state index in [2.05, 4.69) is 31.9 Å². The highest BCUT2D eigenvalue weighted by molar-refractivity contribution is 8.76. The minimum Gasteiger partial charge on any atom is -0.444 e. The standard InChI is InChI=1S/C48H76N6O14S2/c1-45(2,3)67-43(61)51-31(23-25-55)39(57)53-37(47(7,8)27-35(63-11)64-12)41(59)49-29-19-15-17-21-33(29)69-70-34-22-18-16-20-30(34)50-42(60)38(48(9,10)28-36(65-13)66-14)54-40(58)32(24-26-56)52-44(62)68-46(4,5)6/h15-22,31-32,35-38,55-56H,23-28H2,1-14H3,(H,49,59)(H,50,60)(H,51,61)(H,52,62)(H,53,57)(H,54,58)/t31-,32-,37-,38?/m0/s1. The maximum Gasteiger partial charge on any atom is 0.408 e. The van der Waals surface area contributed by atoms with Gasteiger partial charge in [0.15, 0.2) is 12.6 Å². The molecule has 22 heteroatoms. The van der Waals surface area contributed by atoms with Crippen molar-refractivity contribution >= 4 is 68.8 Å². The molecule has 6 amide bonds. The first-order valence-corrected chi connectivity index (χ1v) is 24.9. The van der Waals surface area contributed by atoms with Gasteiger partial charge in [0.05, 0.1) is 11.4 Å². The van der Waals surface area contributed by atoms with Gasteiger partial charge in [-0.2, -0.15) is 0 Å². The molecular weight excluding hydrogens is 949 g/mol. The lowest BCUT2D eigenvalue weighted by molar-refractivity contribution is -0.139. The minimum absolute atomic E-state index is 0.157. The molecule has 0 bridgehead atoms. The van der Waals surface area contributed by atoms with E-state index in [0.29, 0.717) is 21.2 Å². The summed E-state index contributed by atoms with van der Waals surface area (Å²) in [4.78, 5) is 83.1. The molecule has 0 radical (unpaired) electrons. The minimum atomic E-state index is -1.25. The third kappa shape index (κ3) is 21.0. The number of rotatable bonds is 27. The van der Waals surface area contributed by atoms with E-state index in [9.17, 15) is 39.0 Å². The molecule has 0 aromatic heterocycles. The number of anilines is 2. The lowest BCUT2D eigenvalue weighted by Crippen LogP contribution is -2.58. The Bertz CT molecular complexity index is 1880. The first-order chi connectivity index (χ1) is 32.6. The van der Waals surface area contributed by atoms with Crippen molar-refractivity contribution in [3.8, 4) is 0 Å². The molecule has 0 saturated heterocycles. The number of aliphatic hydroxyl groups is 2. The lowest BCUT2D eigenvalue weighted by Gasteiger charge is -2.36. The second-order valence-electron chi connectivity index (χ2n) is 19.6. The molecule has 2 aromatic rings. The van der Waals surface area contributed by atoms with Gasteiger partial charge in [-0.05, 0) is 89.5 Å². The zero-order valence-electron chi connectivity index (χ0n) is 42.9. The number of methoxy groups -OCH3 is 4. The smallest absolute Gasteiger partial charge is 0.408 e. The Labute approximate surface area is 420 Å². The summed E-state index contributed by atoms with van der Waals surface area (Å²) in [6.07, 6.45) is -3.25. The number of carbonyl (C=O) groups excluding carboxylic acids is 6. The number of ether oxygens (including phenoxy) is 6. The second-order valence-corrected chi connectivity index (χ2v) is 21.8. The van der Waals surface area contributed by atoms with Crippen LogP contribution in [0.25, 0.3) is 0 Å². The Balaban J connectivity index is 2.48. The maximum absolute atomic E-state index is 14.4. The van der Waals surface area contributed by atoms with Crippen LogP contribution in [0.2, 0.25) is 0 Å².